The van der Waals surface area contributed by atoms with Gasteiger partial charge >= 0.3 is 0 Å². The summed E-state index contributed by atoms with van der Waals surface area (Å²) in [6.07, 6.45) is 7.38. The highest BCUT2D eigenvalue weighted by Gasteiger charge is 2.23. The van der Waals surface area contributed by atoms with Gasteiger partial charge in [0.05, 0.1) is 5.52 Å². The molecule has 0 saturated heterocycles. The van der Waals surface area contributed by atoms with Gasteiger partial charge in [-0.3, -0.25) is 0 Å². The van der Waals surface area contributed by atoms with Crippen LogP contribution >= 0.6 is 12.2 Å². The predicted molar refractivity (Wildman–Crippen MR) is 125 cm³/mol. The molecule has 2 aliphatic carbocycles. The summed E-state index contributed by atoms with van der Waals surface area (Å²) in [4.78, 5) is 11.6. The molecule has 156 valence electrons. The molecule has 3 N–H and O–H groups in total. The maximum atomic E-state index is 5.40. The molecule has 6 nitrogen and oxygen atoms in total. The summed E-state index contributed by atoms with van der Waals surface area (Å²) < 4.78 is 0. The number of aromatic nitrogens is 2. The monoisotopic (exact) mass is 412 g/mol. The molecule has 0 unspecified atom stereocenters. The van der Waals surface area contributed by atoms with Crippen molar-refractivity contribution in [1.29, 1.82) is 0 Å². The van der Waals surface area contributed by atoms with Crippen molar-refractivity contribution in [2.45, 2.75) is 44.6 Å². The highest BCUT2D eigenvalue weighted by molar-refractivity contribution is 7.80. The lowest BCUT2D eigenvalue weighted by Gasteiger charge is -2.29. The number of fused-ring (bicyclic) bond motifs is 1. The quantitative estimate of drug-likeness (QED) is 0.601. The maximum absolute atomic E-state index is 5.40. The summed E-state index contributed by atoms with van der Waals surface area (Å²) in [6.45, 7) is 2.00. The van der Waals surface area contributed by atoms with Gasteiger partial charge in [0.15, 0.2) is 5.11 Å². The number of para-hydroxylation sites is 1. The Labute approximate surface area is 178 Å². The zero-order valence-electron chi connectivity index (χ0n) is 17.4. The van der Waals surface area contributed by atoms with E-state index in [-0.39, 0.29) is 0 Å². The Balaban J connectivity index is 1.27. The van der Waals surface area contributed by atoms with E-state index in [0.29, 0.717) is 12.0 Å². The molecule has 0 amide bonds. The molecule has 7 heteroatoms. The van der Waals surface area contributed by atoms with Gasteiger partial charge < -0.3 is 20.9 Å². The number of nitrogens with zero attached hydrogens (tertiary/aromatic N) is 3. The normalized spacial score (nSPS) is 21.6. The molecule has 1 aromatic heterocycles. The first-order valence-electron chi connectivity index (χ1n) is 10.8. The number of anilines is 2. The number of hydrogen-bond acceptors (Lipinski definition) is 5. The average molecular weight is 413 g/mol. The molecule has 29 heavy (non-hydrogen) atoms. The van der Waals surface area contributed by atoms with E-state index >= 15 is 0 Å². The van der Waals surface area contributed by atoms with Crippen molar-refractivity contribution in [2.24, 2.45) is 11.8 Å². The van der Waals surface area contributed by atoms with Gasteiger partial charge in [-0.15, -0.1) is 0 Å². The molecule has 2 fully saturated rings. The van der Waals surface area contributed by atoms with Gasteiger partial charge in [-0.25, -0.2) is 4.98 Å². The zero-order valence-corrected chi connectivity index (χ0v) is 18.3. The van der Waals surface area contributed by atoms with E-state index in [1.807, 2.05) is 26.2 Å². The van der Waals surface area contributed by atoms with Crippen molar-refractivity contribution in [3.05, 3.63) is 24.3 Å². The second-order valence-corrected chi connectivity index (χ2v) is 9.09. The fraction of sp³-hybridized carbons (Fsp3) is 0.591. The third-order valence-corrected chi connectivity index (χ3v) is 6.27. The first-order valence-corrected chi connectivity index (χ1v) is 11.2. The molecule has 0 spiro atoms. The Kier molecular flexibility index (Phi) is 6.33. The summed E-state index contributed by atoms with van der Waals surface area (Å²) in [6, 6.07) is 8.63. The second-order valence-electron chi connectivity index (χ2n) is 8.68. The maximum Gasteiger partial charge on any atom is 0.225 e. The Morgan fingerprint density at radius 3 is 2.21 bits per heavy atom. The first kappa shape index (κ1) is 20.1. The molecule has 0 bridgehead atoms. The van der Waals surface area contributed by atoms with E-state index in [4.69, 9.17) is 22.2 Å². The molecule has 1 aromatic carbocycles. The molecule has 4 rings (SSSR count). The van der Waals surface area contributed by atoms with Crippen LogP contribution in [0.5, 0.6) is 0 Å². The van der Waals surface area contributed by atoms with E-state index in [2.05, 4.69) is 33.0 Å². The third-order valence-electron chi connectivity index (χ3n) is 5.99. The van der Waals surface area contributed by atoms with Crippen LogP contribution in [0.25, 0.3) is 10.9 Å². The van der Waals surface area contributed by atoms with E-state index in [0.717, 1.165) is 59.6 Å². The highest BCUT2D eigenvalue weighted by atomic mass is 32.1. The summed E-state index contributed by atoms with van der Waals surface area (Å²) >= 11 is 5.40. The van der Waals surface area contributed by atoms with Crippen LogP contribution in [0.2, 0.25) is 0 Å². The Morgan fingerprint density at radius 1 is 0.966 bits per heavy atom. The molecule has 2 saturated carbocycles. The molecule has 0 aliphatic heterocycles. The van der Waals surface area contributed by atoms with Gasteiger partial charge in [-0.2, -0.15) is 4.98 Å². The number of hydrogen-bond donors (Lipinski definition) is 3. The summed E-state index contributed by atoms with van der Waals surface area (Å²) in [5, 5.41) is 12.2. The highest BCUT2D eigenvalue weighted by Crippen LogP contribution is 2.29. The van der Waals surface area contributed by atoms with E-state index < -0.39 is 0 Å². The van der Waals surface area contributed by atoms with Crippen LogP contribution in [-0.4, -0.2) is 48.3 Å². The number of thiocarbonyl (C=S) groups is 1. The van der Waals surface area contributed by atoms with Gasteiger partial charge in [0.1, 0.15) is 5.82 Å². The Hall–Kier alpha value is -2.15. The van der Waals surface area contributed by atoms with Crippen molar-refractivity contribution in [3.8, 4) is 0 Å². The number of benzene rings is 1. The smallest absolute Gasteiger partial charge is 0.225 e. The zero-order chi connectivity index (χ0) is 20.2. The fourth-order valence-electron chi connectivity index (χ4n) is 4.02. The van der Waals surface area contributed by atoms with Crippen molar-refractivity contribution in [2.75, 3.05) is 37.4 Å². The average Bonchev–Trinajstić information content (AvgIpc) is 3.55. The molecular formula is C22H32N6S. The van der Waals surface area contributed by atoms with E-state index in [1.54, 1.807) is 0 Å². The molecular weight excluding hydrogens is 380 g/mol. The first-order chi connectivity index (χ1) is 14.1. The van der Waals surface area contributed by atoms with Crippen molar-refractivity contribution >= 4 is 40.0 Å². The Morgan fingerprint density at radius 2 is 1.59 bits per heavy atom. The molecule has 0 atom stereocenters. The van der Waals surface area contributed by atoms with Gasteiger partial charge in [0.25, 0.3) is 0 Å². The molecule has 2 aliphatic rings. The summed E-state index contributed by atoms with van der Waals surface area (Å²) in [7, 11) is 4.06. The second kappa shape index (κ2) is 9.11. The fourth-order valence-corrected chi connectivity index (χ4v) is 4.18. The summed E-state index contributed by atoms with van der Waals surface area (Å²) in [5.41, 5.74) is 0.985. The van der Waals surface area contributed by atoms with Crippen molar-refractivity contribution in [3.63, 3.8) is 0 Å². The van der Waals surface area contributed by atoms with Crippen molar-refractivity contribution < 1.29 is 0 Å². The summed E-state index contributed by atoms with van der Waals surface area (Å²) in [5.74, 6) is 3.23. The largest absolute Gasteiger partial charge is 0.362 e. The van der Waals surface area contributed by atoms with Crippen LogP contribution in [0.4, 0.5) is 11.8 Å². The van der Waals surface area contributed by atoms with Gasteiger partial charge in [0, 0.05) is 38.6 Å². The van der Waals surface area contributed by atoms with Crippen LogP contribution in [0.3, 0.4) is 0 Å². The van der Waals surface area contributed by atoms with Crippen LogP contribution in [-0.2, 0) is 0 Å². The minimum Gasteiger partial charge on any atom is -0.362 e. The lowest BCUT2D eigenvalue weighted by molar-refractivity contribution is 0.336. The lowest BCUT2D eigenvalue weighted by atomic mass is 9.86. The SMILES string of the molecule is CN(C)c1nc(N[C@H]2CC[C@@H](CNC(=S)NCC3CC3)CC2)nc2ccccc12. The van der Waals surface area contributed by atoms with Crippen LogP contribution in [0, 0.1) is 11.8 Å². The van der Waals surface area contributed by atoms with Crippen LogP contribution < -0.4 is 20.9 Å². The predicted octanol–water partition coefficient (Wildman–Crippen LogP) is 3.54. The molecule has 0 radical (unpaired) electrons. The molecule has 2 aromatic rings. The van der Waals surface area contributed by atoms with E-state index in [9.17, 15) is 0 Å². The molecule has 1 heterocycles. The Bertz CT molecular complexity index is 842. The van der Waals surface area contributed by atoms with Crippen LogP contribution in [0.1, 0.15) is 38.5 Å². The number of nitrogens with one attached hydrogen (secondary N) is 3. The van der Waals surface area contributed by atoms with Gasteiger partial charge in [-0.1, -0.05) is 12.1 Å². The van der Waals surface area contributed by atoms with Gasteiger partial charge in [-0.05, 0) is 74.7 Å². The standard InChI is InChI=1S/C22H32N6S/c1-28(2)20-18-5-3-4-6-19(18)26-21(27-20)25-17-11-9-16(10-12-17)14-24-22(29)23-13-15-7-8-15/h3-6,15-17H,7-14H2,1-2H3,(H2,23,24,29)(H,25,26,27)/t16-,17+. The van der Waals surface area contributed by atoms with Gasteiger partial charge in [0.2, 0.25) is 5.95 Å². The lowest BCUT2D eigenvalue weighted by Crippen LogP contribution is -2.40. The number of rotatable bonds is 7. The minimum absolute atomic E-state index is 0.433. The van der Waals surface area contributed by atoms with E-state index in [1.165, 1.54) is 25.7 Å². The van der Waals surface area contributed by atoms with Crippen LogP contribution in [0.15, 0.2) is 24.3 Å². The topological polar surface area (TPSA) is 65.1 Å². The van der Waals surface area contributed by atoms with Crippen molar-refractivity contribution in [1.82, 2.24) is 20.6 Å². The third kappa shape index (κ3) is 5.47. The minimum atomic E-state index is 0.433.